The van der Waals surface area contributed by atoms with E-state index in [0.29, 0.717) is 23.5 Å². The van der Waals surface area contributed by atoms with Crippen molar-refractivity contribution in [3.8, 4) is 0 Å². The fourth-order valence-corrected chi connectivity index (χ4v) is 1.53. The first kappa shape index (κ1) is 11.4. The largest absolute Gasteiger partial charge is 0.374 e. The first-order chi connectivity index (χ1) is 6.69. The molecule has 1 heterocycles. The molecule has 78 valence electrons. The molecule has 0 fully saturated rings. The number of hydrogen-bond donors (Lipinski definition) is 1. The Hall–Kier alpha value is -0.680. The summed E-state index contributed by atoms with van der Waals surface area (Å²) in [6, 6.07) is 0. The van der Waals surface area contributed by atoms with Crippen LogP contribution in [0.25, 0.3) is 0 Å². The summed E-state index contributed by atoms with van der Waals surface area (Å²) in [7, 11) is 0. The second kappa shape index (κ2) is 5.26. The monoisotopic (exact) mass is 260 g/mol. The van der Waals surface area contributed by atoms with Gasteiger partial charge in [-0.1, -0.05) is 6.92 Å². The smallest absolute Gasteiger partial charge is 0.265 e. The molecule has 0 amide bonds. The molecular weight excluding hydrogens is 248 g/mol. The van der Waals surface area contributed by atoms with Crippen molar-refractivity contribution in [3.05, 3.63) is 26.3 Å². The quantitative estimate of drug-likeness (QED) is 0.896. The Labute approximate surface area is 90.8 Å². The number of ether oxygens (including phenoxy) is 1. The standard InChI is InChI=1S/C9H13BrN2O2/c1-3-6-8(10)9(13)12-7(11-6)5-14-4-2/h3-5H2,1-2H3,(H,11,12,13). The summed E-state index contributed by atoms with van der Waals surface area (Å²) in [5, 5.41) is 0. The van der Waals surface area contributed by atoms with Gasteiger partial charge in [0.1, 0.15) is 16.9 Å². The van der Waals surface area contributed by atoms with Gasteiger partial charge in [0.2, 0.25) is 0 Å². The third-order valence-corrected chi connectivity index (χ3v) is 2.58. The summed E-state index contributed by atoms with van der Waals surface area (Å²) in [5.41, 5.74) is 0.620. The van der Waals surface area contributed by atoms with Crippen LogP contribution in [0.2, 0.25) is 0 Å². The molecule has 4 nitrogen and oxygen atoms in total. The van der Waals surface area contributed by atoms with Gasteiger partial charge in [0.05, 0.1) is 5.69 Å². The van der Waals surface area contributed by atoms with Gasteiger partial charge in [-0.05, 0) is 29.3 Å². The molecule has 1 rings (SSSR count). The number of nitrogens with one attached hydrogen (secondary N) is 1. The summed E-state index contributed by atoms with van der Waals surface area (Å²) in [6.07, 6.45) is 0.726. The molecule has 0 aromatic carbocycles. The highest BCUT2D eigenvalue weighted by molar-refractivity contribution is 9.10. The minimum Gasteiger partial charge on any atom is -0.374 e. The summed E-state index contributed by atoms with van der Waals surface area (Å²) in [5.74, 6) is 0.580. The Morgan fingerprint density at radius 1 is 1.50 bits per heavy atom. The Morgan fingerprint density at radius 3 is 2.79 bits per heavy atom. The molecule has 0 saturated heterocycles. The number of aryl methyl sites for hydroxylation is 1. The number of H-pyrrole nitrogens is 1. The van der Waals surface area contributed by atoms with Crippen LogP contribution in [0.5, 0.6) is 0 Å². The predicted octanol–water partition coefficient (Wildman–Crippen LogP) is 1.63. The average Bonchev–Trinajstić information content (AvgIpc) is 2.19. The lowest BCUT2D eigenvalue weighted by Gasteiger charge is -2.04. The van der Waals surface area contributed by atoms with Crippen LogP contribution in [-0.4, -0.2) is 16.6 Å². The van der Waals surface area contributed by atoms with Crippen molar-refractivity contribution in [3.63, 3.8) is 0 Å². The maximum Gasteiger partial charge on any atom is 0.265 e. The molecule has 0 aliphatic heterocycles. The minimum atomic E-state index is -0.147. The van der Waals surface area contributed by atoms with E-state index >= 15 is 0 Å². The fourth-order valence-electron chi connectivity index (χ4n) is 1.06. The molecule has 1 aromatic rings. The molecule has 0 saturated carbocycles. The van der Waals surface area contributed by atoms with Crippen LogP contribution >= 0.6 is 15.9 Å². The lowest BCUT2D eigenvalue weighted by Crippen LogP contribution is -2.16. The van der Waals surface area contributed by atoms with Gasteiger partial charge in [0.25, 0.3) is 5.56 Å². The number of aromatic amines is 1. The van der Waals surface area contributed by atoms with E-state index in [2.05, 4.69) is 25.9 Å². The zero-order valence-electron chi connectivity index (χ0n) is 8.26. The Bertz CT molecular complexity index is 362. The molecule has 14 heavy (non-hydrogen) atoms. The molecule has 5 heteroatoms. The van der Waals surface area contributed by atoms with Gasteiger partial charge >= 0.3 is 0 Å². The average molecular weight is 261 g/mol. The molecule has 0 aliphatic carbocycles. The van der Waals surface area contributed by atoms with Crippen LogP contribution in [0, 0.1) is 0 Å². The van der Waals surface area contributed by atoms with E-state index in [1.54, 1.807) is 0 Å². The second-order valence-electron chi connectivity index (χ2n) is 2.76. The van der Waals surface area contributed by atoms with Gasteiger partial charge in [0.15, 0.2) is 0 Å². The molecular formula is C9H13BrN2O2. The molecule has 0 spiro atoms. The van der Waals surface area contributed by atoms with Crippen LogP contribution in [0.15, 0.2) is 9.27 Å². The van der Waals surface area contributed by atoms with Gasteiger partial charge in [-0.25, -0.2) is 4.98 Å². The van der Waals surface area contributed by atoms with Crippen molar-refractivity contribution in [2.45, 2.75) is 26.9 Å². The molecule has 0 unspecified atom stereocenters. The Balaban J connectivity index is 2.98. The maximum atomic E-state index is 11.4. The van der Waals surface area contributed by atoms with Crippen LogP contribution in [0.4, 0.5) is 0 Å². The number of rotatable bonds is 4. The lowest BCUT2D eigenvalue weighted by molar-refractivity contribution is 0.128. The topological polar surface area (TPSA) is 55.0 Å². The minimum absolute atomic E-state index is 0.147. The highest BCUT2D eigenvalue weighted by Crippen LogP contribution is 2.09. The number of nitrogens with zero attached hydrogens (tertiary/aromatic N) is 1. The van der Waals surface area contributed by atoms with Gasteiger partial charge in [-0.2, -0.15) is 0 Å². The zero-order valence-corrected chi connectivity index (χ0v) is 9.85. The number of hydrogen-bond acceptors (Lipinski definition) is 3. The summed E-state index contributed by atoms with van der Waals surface area (Å²) >= 11 is 3.20. The van der Waals surface area contributed by atoms with E-state index in [4.69, 9.17) is 4.74 Å². The fraction of sp³-hybridized carbons (Fsp3) is 0.556. The van der Waals surface area contributed by atoms with Crippen LogP contribution < -0.4 is 5.56 Å². The first-order valence-corrected chi connectivity index (χ1v) is 5.33. The van der Waals surface area contributed by atoms with E-state index in [1.165, 1.54) is 0 Å². The van der Waals surface area contributed by atoms with Gasteiger partial charge in [-0.3, -0.25) is 4.79 Å². The van der Waals surface area contributed by atoms with Crippen molar-refractivity contribution in [1.29, 1.82) is 0 Å². The van der Waals surface area contributed by atoms with E-state index in [9.17, 15) is 4.79 Å². The highest BCUT2D eigenvalue weighted by atomic mass is 79.9. The SMILES string of the molecule is CCOCc1nc(CC)c(Br)c(=O)[nH]1. The normalized spacial score (nSPS) is 10.5. The van der Waals surface area contributed by atoms with Crippen LogP contribution in [0.3, 0.4) is 0 Å². The van der Waals surface area contributed by atoms with Crippen molar-refractivity contribution >= 4 is 15.9 Å². The van der Waals surface area contributed by atoms with Crippen molar-refractivity contribution in [1.82, 2.24) is 9.97 Å². The summed E-state index contributed by atoms with van der Waals surface area (Å²) in [6.45, 7) is 4.82. The van der Waals surface area contributed by atoms with Crippen molar-refractivity contribution in [2.75, 3.05) is 6.61 Å². The zero-order chi connectivity index (χ0) is 10.6. The number of halogens is 1. The molecule has 0 aliphatic rings. The molecule has 1 N–H and O–H groups in total. The van der Waals surface area contributed by atoms with Crippen molar-refractivity contribution in [2.24, 2.45) is 0 Å². The lowest BCUT2D eigenvalue weighted by atomic mass is 10.3. The summed E-state index contributed by atoms with van der Waals surface area (Å²) < 4.78 is 5.68. The predicted molar refractivity (Wildman–Crippen MR) is 57.3 cm³/mol. The Morgan fingerprint density at radius 2 is 2.21 bits per heavy atom. The molecule has 0 atom stereocenters. The van der Waals surface area contributed by atoms with E-state index in [-0.39, 0.29) is 5.56 Å². The summed E-state index contributed by atoms with van der Waals surface area (Å²) in [4.78, 5) is 18.3. The highest BCUT2D eigenvalue weighted by Gasteiger charge is 2.06. The Kier molecular flexibility index (Phi) is 4.28. The second-order valence-corrected chi connectivity index (χ2v) is 3.56. The molecule has 1 aromatic heterocycles. The van der Waals surface area contributed by atoms with E-state index in [0.717, 1.165) is 12.1 Å². The number of aromatic nitrogens is 2. The van der Waals surface area contributed by atoms with Gasteiger partial charge in [-0.15, -0.1) is 0 Å². The van der Waals surface area contributed by atoms with Crippen LogP contribution in [-0.2, 0) is 17.8 Å². The molecule has 0 radical (unpaired) electrons. The van der Waals surface area contributed by atoms with Gasteiger partial charge in [0, 0.05) is 6.61 Å². The molecule has 0 bridgehead atoms. The van der Waals surface area contributed by atoms with Crippen LogP contribution in [0.1, 0.15) is 25.4 Å². The first-order valence-electron chi connectivity index (χ1n) is 4.54. The van der Waals surface area contributed by atoms with Gasteiger partial charge < -0.3 is 9.72 Å². The van der Waals surface area contributed by atoms with Crippen molar-refractivity contribution < 1.29 is 4.74 Å². The maximum absolute atomic E-state index is 11.4. The third kappa shape index (κ3) is 2.65. The van der Waals surface area contributed by atoms with E-state index < -0.39 is 0 Å². The van der Waals surface area contributed by atoms with E-state index in [1.807, 2.05) is 13.8 Å². The third-order valence-electron chi connectivity index (χ3n) is 1.76.